The lowest BCUT2D eigenvalue weighted by Crippen LogP contribution is -2.28. The average molecular weight is 308 g/mol. The Balaban J connectivity index is 1.82. The molecule has 1 aromatic rings. The molecule has 0 radical (unpaired) electrons. The van der Waals surface area contributed by atoms with Crippen LogP contribution in [-0.2, 0) is 6.42 Å². The van der Waals surface area contributed by atoms with Crippen molar-refractivity contribution in [2.45, 2.75) is 65.8 Å². The molecule has 3 nitrogen and oxygen atoms in total. The highest BCUT2D eigenvalue weighted by Gasteiger charge is 2.34. The van der Waals surface area contributed by atoms with Crippen LogP contribution in [0.5, 0.6) is 0 Å². The molecule has 1 aliphatic heterocycles. The molecule has 1 unspecified atom stereocenters. The molecule has 3 rings (SSSR count). The van der Waals surface area contributed by atoms with Crippen LogP contribution in [0.4, 0.5) is 5.13 Å². The minimum Gasteiger partial charge on any atom is -0.348 e. The molecule has 0 aromatic carbocycles. The van der Waals surface area contributed by atoms with Gasteiger partial charge < -0.3 is 10.6 Å². The molecule has 1 atom stereocenters. The smallest absolute Gasteiger partial charge is 0.185 e. The summed E-state index contributed by atoms with van der Waals surface area (Å²) in [5.74, 6) is 0. The largest absolute Gasteiger partial charge is 0.348 e. The van der Waals surface area contributed by atoms with E-state index >= 15 is 0 Å². The summed E-state index contributed by atoms with van der Waals surface area (Å²) in [7, 11) is 0. The first-order chi connectivity index (χ1) is 9.76. The van der Waals surface area contributed by atoms with E-state index in [1.807, 2.05) is 11.3 Å². The van der Waals surface area contributed by atoms with Gasteiger partial charge >= 0.3 is 0 Å². The molecular formula is C17H29N3S. The zero-order chi connectivity index (χ0) is 15.3. The van der Waals surface area contributed by atoms with Gasteiger partial charge in [0.1, 0.15) is 0 Å². The highest BCUT2D eigenvalue weighted by Crippen LogP contribution is 2.44. The molecule has 1 aromatic heterocycles. The third-order valence-electron chi connectivity index (χ3n) is 5.08. The maximum atomic E-state index is 6.39. The number of fused-ring (bicyclic) bond motifs is 1. The van der Waals surface area contributed by atoms with E-state index in [2.05, 4.69) is 32.6 Å². The van der Waals surface area contributed by atoms with E-state index in [-0.39, 0.29) is 6.04 Å². The SMILES string of the molecule is CC1(C)CCCN(c2nc3c(s2)C(N)CC(C)(C)C3)CC1. The first-order valence-electron chi connectivity index (χ1n) is 8.26. The molecule has 0 spiro atoms. The van der Waals surface area contributed by atoms with E-state index in [1.165, 1.54) is 35.0 Å². The fourth-order valence-corrected chi connectivity index (χ4v) is 4.86. The van der Waals surface area contributed by atoms with Crippen molar-refractivity contribution in [3.8, 4) is 0 Å². The lowest BCUT2D eigenvalue weighted by molar-refractivity contribution is 0.282. The van der Waals surface area contributed by atoms with Crippen LogP contribution in [0.3, 0.4) is 0 Å². The Morgan fingerprint density at radius 3 is 2.67 bits per heavy atom. The van der Waals surface area contributed by atoms with Gasteiger partial charge in [-0.25, -0.2) is 4.98 Å². The van der Waals surface area contributed by atoms with Crippen molar-refractivity contribution in [3.63, 3.8) is 0 Å². The third-order valence-corrected chi connectivity index (χ3v) is 6.37. The number of rotatable bonds is 1. The Morgan fingerprint density at radius 2 is 1.90 bits per heavy atom. The van der Waals surface area contributed by atoms with Gasteiger partial charge in [-0.15, -0.1) is 0 Å². The lowest BCUT2D eigenvalue weighted by atomic mass is 9.77. The maximum Gasteiger partial charge on any atom is 0.185 e. The molecule has 2 aliphatic rings. The summed E-state index contributed by atoms with van der Waals surface area (Å²) in [5, 5.41) is 1.21. The van der Waals surface area contributed by atoms with Crippen molar-refractivity contribution in [3.05, 3.63) is 10.6 Å². The third kappa shape index (κ3) is 3.26. The molecule has 1 fully saturated rings. The molecule has 2 heterocycles. The van der Waals surface area contributed by atoms with E-state index in [0.717, 1.165) is 25.9 Å². The van der Waals surface area contributed by atoms with Gasteiger partial charge in [0.15, 0.2) is 5.13 Å². The van der Waals surface area contributed by atoms with Crippen LogP contribution < -0.4 is 10.6 Å². The van der Waals surface area contributed by atoms with Crippen LogP contribution in [0.2, 0.25) is 0 Å². The van der Waals surface area contributed by atoms with Crippen LogP contribution in [0.25, 0.3) is 0 Å². The Bertz CT molecular complexity index is 518. The predicted molar refractivity (Wildman–Crippen MR) is 91.0 cm³/mol. The molecule has 2 N–H and O–H groups in total. The van der Waals surface area contributed by atoms with E-state index in [0.29, 0.717) is 10.8 Å². The molecule has 0 bridgehead atoms. The second-order valence-electron chi connectivity index (χ2n) is 8.46. The van der Waals surface area contributed by atoms with Crippen LogP contribution in [-0.4, -0.2) is 18.1 Å². The quantitative estimate of drug-likeness (QED) is 0.848. The van der Waals surface area contributed by atoms with Crippen molar-refractivity contribution < 1.29 is 0 Å². The van der Waals surface area contributed by atoms with E-state index < -0.39 is 0 Å². The van der Waals surface area contributed by atoms with Crippen LogP contribution in [0, 0.1) is 10.8 Å². The number of hydrogen-bond donors (Lipinski definition) is 1. The minimum absolute atomic E-state index is 0.179. The summed E-state index contributed by atoms with van der Waals surface area (Å²) >= 11 is 1.85. The number of aromatic nitrogens is 1. The Hall–Kier alpha value is -0.610. The van der Waals surface area contributed by atoms with Crippen LogP contribution in [0.1, 0.15) is 70.0 Å². The van der Waals surface area contributed by atoms with Crippen LogP contribution in [0.15, 0.2) is 0 Å². The number of nitrogens with two attached hydrogens (primary N) is 1. The highest BCUT2D eigenvalue weighted by molar-refractivity contribution is 7.15. The Morgan fingerprint density at radius 1 is 1.14 bits per heavy atom. The summed E-state index contributed by atoms with van der Waals surface area (Å²) in [5.41, 5.74) is 8.42. The summed E-state index contributed by atoms with van der Waals surface area (Å²) in [6.07, 6.45) is 6.01. The van der Waals surface area contributed by atoms with Gasteiger partial charge in [0.05, 0.1) is 5.69 Å². The van der Waals surface area contributed by atoms with Crippen molar-refractivity contribution in [1.29, 1.82) is 0 Å². The van der Waals surface area contributed by atoms with Gasteiger partial charge in [-0.05, 0) is 42.9 Å². The number of thiazole rings is 1. The summed E-state index contributed by atoms with van der Waals surface area (Å²) in [6.45, 7) is 11.7. The average Bonchev–Trinajstić information content (AvgIpc) is 2.66. The monoisotopic (exact) mass is 307 g/mol. The topological polar surface area (TPSA) is 42.2 Å². The second kappa shape index (κ2) is 5.24. The molecule has 0 amide bonds. The molecule has 1 aliphatic carbocycles. The maximum absolute atomic E-state index is 6.39. The zero-order valence-electron chi connectivity index (χ0n) is 13.9. The van der Waals surface area contributed by atoms with Gasteiger partial charge in [0, 0.05) is 24.0 Å². The van der Waals surface area contributed by atoms with Gasteiger partial charge in [0.2, 0.25) is 0 Å². The first kappa shape index (κ1) is 15.3. The summed E-state index contributed by atoms with van der Waals surface area (Å²) in [4.78, 5) is 8.81. The normalized spacial score (nSPS) is 28.0. The van der Waals surface area contributed by atoms with Crippen molar-refractivity contribution in [1.82, 2.24) is 4.98 Å². The van der Waals surface area contributed by atoms with Gasteiger partial charge in [0.25, 0.3) is 0 Å². The van der Waals surface area contributed by atoms with Gasteiger partial charge in [-0.3, -0.25) is 0 Å². The summed E-state index contributed by atoms with van der Waals surface area (Å²) in [6, 6.07) is 0.179. The van der Waals surface area contributed by atoms with E-state index in [4.69, 9.17) is 10.7 Å². The number of anilines is 1. The van der Waals surface area contributed by atoms with Crippen molar-refractivity contribution >= 4 is 16.5 Å². The number of hydrogen-bond acceptors (Lipinski definition) is 4. The predicted octanol–water partition coefficient (Wildman–Crippen LogP) is 4.13. The van der Waals surface area contributed by atoms with E-state index in [9.17, 15) is 0 Å². The van der Waals surface area contributed by atoms with E-state index in [1.54, 1.807) is 0 Å². The Labute approximate surface area is 132 Å². The second-order valence-corrected chi connectivity index (χ2v) is 9.47. The zero-order valence-corrected chi connectivity index (χ0v) is 14.7. The minimum atomic E-state index is 0.179. The molecule has 118 valence electrons. The molecule has 1 saturated heterocycles. The first-order valence-corrected chi connectivity index (χ1v) is 9.08. The van der Waals surface area contributed by atoms with Gasteiger partial charge in [-0.2, -0.15) is 0 Å². The fraction of sp³-hybridized carbons (Fsp3) is 0.824. The van der Waals surface area contributed by atoms with Gasteiger partial charge in [-0.1, -0.05) is 39.0 Å². The van der Waals surface area contributed by atoms with Crippen LogP contribution >= 0.6 is 11.3 Å². The van der Waals surface area contributed by atoms with Crippen molar-refractivity contribution in [2.24, 2.45) is 16.6 Å². The van der Waals surface area contributed by atoms with Crippen molar-refractivity contribution in [2.75, 3.05) is 18.0 Å². The Kier molecular flexibility index (Phi) is 3.81. The fourth-order valence-electron chi connectivity index (χ4n) is 3.73. The lowest BCUT2D eigenvalue weighted by Gasteiger charge is -2.32. The molecule has 4 heteroatoms. The summed E-state index contributed by atoms with van der Waals surface area (Å²) < 4.78 is 0. The number of nitrogens with zero attached hydrogens (tertiary/aromatic N) is 2. The molecular weight excluding hydrogens is 278 g/mol. The standard InChI is InChI=1S/C17H29N3S/c1-16(2)6-5-8-20(9-7-16)15-19-13-11-17(3,4)10-12(18)14(13)21-15/h12H,5-11,18H2,1-4H3. The molecule has 0 saturated carbocycles. The molecule has 21 heavy (non-hydrogen) atoms. The highest BCUT2D eigenvalue weighted by atomic mass is 32.1.